The normalized spacial score (nSPS) is 9.30. The molecule has 0 unspecified atom stereocenters. The SMILES string of the molecule is O=Nc1ccc(SI)cc1. The second-order valence-electron chi connectivity index (χ2n) is 1.66. The van der Waals surface area contributed by atoms with Crippen LogP contribution < -0.4 is 0 Å². The van der Waals surface area contributed by atoms with E-state index in [1.54, 1.807) is 21.1 Å². The van der Waals surface area contributed by atoms with Crippen LogP contribution in [-0.2, 0) is 0 Å². The fraction of sp³-hybridized carbons (Fsp3) is 0. The maximum Gasteiger partial charge on any atom is 0.108 e. The quantitative estimate of drug-likeness (QED) is 0.604. The van der Waals surface area contributed by atoms with Gasteiger partial charge in [-0.3, -0.25) is 0 Å². The number of nitroso groups, excluding NO2 is 1. The highest BCUT2D eigenvalue weighted by Gasteiger charge is 1.91. The first kappa shape index (κ1) is 8.00. The Hall–Kier alpha value is -0.100. The Labute approximate surface area is 75.0 Å². The van der Waals surface area contributed by atoms with Gasteiger partial charge in [0.25, 0.3) is 0 Å². The molecule has 0 saturated carbocycles. The molecule has 10 heavy (non-hydrogen) atoms. The van der Waals surface area contributed by atoms with Crippen molar-refractivity contribution >= 4 is 35.8 Å². The molecule has 1 rings (SSSR count). The minimum absolute atomic E-state index is 0.481. The third-order valence-electron chi connectivity index (χ3n) is 1.03. The van der Waals surface area contributed by atoms with E-state index < -0.39 is 0 Å². The smallest absolute Gasteiger partial charge is 0.108 e. The van der Waals surface area contributed by atoms with E-state index in [1.807, 2.05) is 12.1 Å². The van der Waals surface area contributed by atoms with Crippen molar-refractivity contribution in [2.45, 2.75) is 4.90 Å². The summed E-state index contributed by atoms with van der Waals surface area (Å²) in [6.07, 6.45) is 0. The van der Waals surface area contributed by atoms with Gasteiger partial charge in [-0.15, -0.1) is 4.91 Å². The summed E-state index contributed by atoms with van der Waals surface area (Å²) in [6, 6.07) is 7.14. The molecule has 2 nitrogen and oxygen atoms in total. The zero-order valence-electron chi connectivity index (χ0n) is 4.95. The van der Waals surface area contributed by atoms with Crippen molar-refractivity contribution < 1.29 is 0 Å². The predicted octanol–water partition coefficient (Wildman–Crippen LogP) is 3.53. The molecule has 0 heterocycles. The van der Waals surface area contributed by atoms with Gasteiger partial charge in [0, 0.05) is 26.1 Å². The van der Waals surface area contributed by atoms with Crippen molar-refractivity contribution in [2.75, 3.05) is 0 Å². The summed E-state index contributed by atoms with van der Waals surface area (Å²) < 4.78 is 0. The minimum atomic E-state index is 0.481. The van der Waals surface area contributed by atoms with Crippen LogP contribution in [0.5, 0.6) is 0 Å². The molecule has 0 radical (unpaired) electrons. The maximum absolute atomic E-state index is 9.95. The van der Waals surface area contributed by atoms with Crippen molar-refractivity contribution in [2.24, 2.45) is 5.18 Å². The van der Waals surface area contributed by atoms with E-state index in [-0.39, 0.29) is 0 Å². The molecule has 0 aliphatic rings. The molecular formula is C6H4INOS. The molecule has 0 saturated heterocycles. The average molecular weight is 265 g/mol. The van der Waals surface area contributed by atoms with Gasteiger partial charge >= 0.3 is 0 Å². The van der Waals surface area contributed by atoms with Crippen LogP contribution in [0.25, 0.3) is 0 Å². The topological polar surface area (TPSA) is 29.4 Å². The number of hydrogen-bond donors (Lipinski definition) is 0. The van der Waals surface area contributed by atoms with Crippen molar-refractivity contribution in [3.05, 3.63) is 29.2 Å². The van der Waals surface area contributed by atoms with Gasteiger partial charge in [0.1, 0.15) is 5.69 Å². The molecule has 1 aromatic rings. The molecule has 0 bridgehead atoms. The third kappa shape index (κ3) is 1.95. The van der Waals surface area contributed by atoms with Gasteiger partial charge < -0.3 is 0 Å². The predicted molar refractivity (Wildman–Crippen MR) is 51.8 cm³/mol. The number of halogens is 1. The molecule has 52 valence electrons. The van der Waals surface area contributed by atoms with Gasteiger partial charge in [-0.25, -0.2) is 0 Å². The van der Waals surface area contributed by atoms with Gasteiger partial charge in [0.15, 0.2) is 0 Å². The summed E-state index contributed by atoms with van der Waals surface area (Å²) in [5.41, 5.74) is 0.481. The molecule has 0 N–H and O–H groups in total. The Kier molecular flexibility index (Phi) is 3.14. The fourth-order valence-corrected chi connectivity index (χ4v) is 1.68. The fourth-order valence-electron chi connectivity index (χ4n) is 0.558. The van der Waals surface area contributed by atoms with Crippen molar-refractivity contribution in [1.29, 1.82) is 0 Å². The Morgan fingerprint density at radius 2 is 1.90 bits per heavy atom. The first-order valence-corrected chi connectivity index (χ1v) is 5.95. The summed E-state index contributed by atoms with van der Waals surface area (Å²) in [4.78, 5) is 11.1. The summed E-state index contributed by atoms with van der Waals surface area (Å²) in [5, 5.41) is 2.78. The zero-order chi connectivity index (χ0) is 7.40. The van der Waals surface area contributed by atoms with Crippen LogP contribution in [0, 0.1) is 4.91 Å². The van der Waals surface area contributed by atoms with E-state index in [0.717, 1.165) is 4.90 Å². The summed E-state index contributed by atoms with van der Waals surface area (Å²) in [5.74, 6) is 0. The molecular weight excluding hydrogens is 261 g/mol. The highest BCUT2D eigenvalue weighted by Crippen LogP contribution is 2.26. The monoisotopic (exact) mass is 265 g/mol. The van der Waals surface area contributed by atoms with Gasteiger partial charge in [-0.05, 0) is 29.4 Å². The van der Waals surface area contributed by atoms with Crippen molar-refractivity contribution in [3.8, 4) is 0 Å². The Bertz CT molecular complexity index is 224. The summed E-state index contributed by atoms with van der Waals surface area (Å²) in [6.45, 7) is 0. The van der Waals surface area contributed by atoms with Crippen LogP contribution >= 0.6 is 30.1 Å². The van der Waals surface area contributed by atoms with Gasteiger partial charge in [0.05, 0.1) is 0 Å². The Balaban J connectivity index is 2.90. The van der Waals surface area contributed by atoms with Crippen LogP contribution in [0.15, 0.2) is 34.3 Å². The Morgan fingerprint density at radius 3 is 2.30 bits per heavy atom. The lowest BCUT2D eigenvalue weighted by Crippen LogP contribution is -1.64. The number of hydrogen-bond acceptors (Lipinski definition) is 3. The van der Waals surface area contributed by atoms with Crippen LogP contribution in [0.3, 0.4) is 0 Å². The van der Waals surface area contributed by atoms with Crippen molar-refractivity contribution in [1.82, 2.24) is 0 Å². The number of benzene rings is 1. The highest BCUT2D eigenvalue weighted by atomic mass is 127. The van der Waals surface area contributed by atoms with Gasteiger partial charge in [-0.2, -0.15) is 0 Å². The third-order valence-corrected chi connectivity index (χ3v) is 3.01. The number of nitrogens with zero attached hydrogens (tertiary/aromatic N) is 1. The molecule has 0 aromatic heterocycles. The molecule has 1 aromatic carbocycles. The highest BCUT2D eigenvalue weighted by molar-refractivity contribution is 14.2. The minimum Gasteiger partial charge on any atom is -0.145 e. The average Bonchev–Trinajstić information content (AvgIpc) is 2.05. The molecule has 0 spiro atoms. The van der Waals surface area contributed by atoms with E-state index in [4.69, 9.17) is 0 Å². The van der Waals surface area contributed by atoms with E-state index in [2.05, 4.69) is 26.4 Å². The standard InChI is InChI=1S/C6H4INOS/c7-10-6-3-1-5(8-9)2-4-6/h1-4H. The van der Waals surface area contributed by atoms with E-state index in [1.165, 1.54) is 0 Å². The molecule has 0 aliphatic carbocycles. The lowest BCUT2D eigenvalue weighted by molar-refractivity contribution is 1.42. The second kappa shape index (κ2) is 3.92. The van der Waals surface area contributed by atoms with E-state index in [0.29, 0.717) is 5.69 Å². The molecule has 0 amide bonds. The van der Waals surface area contributed by atoms with Crippen molar-refractivity contribution in [3.63, 3.8) is 0 Å². The van der Waals surface area contributed by atoms with E-state index in [9.17, 15) is 4.91 Å². The Morgan fingerprint density at radius 1 is 1.30 bits per heavy atom. The first-order chi connectivity index (χ1) is 4.86. The number of rotatable bonds is 2. The molecule has 0 fully saturated rings. The lowest BCUT2D eigenvalue weighted by atomic mass is 10.3. The first-order valence-electron chi connectivity index (χ1n) is 2.59. The second-order valence-corrected chi connectivity index (χ2v) is 3.61. The maximum atomic E-state index is 9.95. The summed E-state index contributed by atoms with van der Waals surface area (Å²) in [7, 11) is 1.61. The lowest BCUT2D eigenvalue weighted by Gasteiger charge is -1.91. The van der Waals surface area contributed by atoms with E-state index >= 15 is 0 Å². The molecule has 0 aliphatic heterocycles. The van der Waals surface area contributed by atoms with Crippen LogP contribution in [0.2, 0.25) is 0 Å². The van der Waals surface area contributed by atoms with Gasteiger partial charge in [-0.1, -0.05) is 8.93 Å². The largest absolute Gasteiger partial charge is 0.145 e. The van der Waals surface area contributed by atoms with Crippen LogP contribution in [0.1, 0.15) is 0 Å². The summed E-state index contributed by atoms with van der Waals surface area (Å²) >= 11 is 2.19. The zero-order valence-corrected chi connectivity index (χ0v) is 7.93. The van der Waals surface area contributed by atoms with Gasteiger partial charge in [0.2, 0.25) is 0 Å². The van der Waals surface area contributed by atoms with Crippen LogP contribution in [0.4, 0.5) is 5.69 Å². The van der Waals surface area contributed by atoms with Crippen LogP contribution in [-0.4, -0.2) is 0 Å². The molecule has 0 atom stereocenters. The molecule has 4 heteroatoms.